The predicted octanol–water partition coefficient (Wildman–Crippen LogP) is 5.40. The number of aryl methyl sites for hydroxylation is 2. The fourth-order valence-electron chi connectivity index (χ4n) is 4.08. The van der Waals surface area contributed by atoms with Crippen molar-refractivity contribution in [3.8, 4) is 0 Å². The lowest BCUT2D eigenvalue weighted by molar-refractivity contribution is -0.141. The molecule has 2 amide bonds. The third-order valence-corrected chi connectivity index (χ3v) is 6.31. The first-order valence-electron chi connectivity index (χ1n) is 12.1. The average molecular weight is 457 g/mol. The lowest BCUT2D eigenvalue weighted by Gasteiger charge is -2.32. The van der Waals surface area contributed by atoms with Gasteiger partial charge in [0.05, 0.1) is 6.42 Å². The molecule has 34 heavy (non-hydrogen) atoms. The van der Waals surface area contributed by atoms with Crippen LogP contribution in [0.3, 0.4) is 0 Å². The van der Waals surface area contributed by atoms with Gasteiger partial charge in [-0.25, -0.2) is 0 Å². The molecular weight excluding hydrogens is 420 g/mol. The fourth-order valence-corrected chi connectivity index (χ4v) is 4.08. The molecule has 0 fully saturated rings. The Labute approximate surface area is 204 Å². The molecule has 178 valence electrons. The molecule has 4 heteroatoms. The molecule has 0 bridgehead atoms. The highest BCUT2D eigenvalue weighted by molar-refractivity contribution is 5.89. The minimum absolute atomic E-state index is 0.0399. The molecule has 3 aromatic rings. The van der Waals surface area contributed by atoms with Gasteiger partial charge in [-0.05, 0) is 49.4 Å². The topological polar surface area (TPSA) is 49.4 Å². The van der Waals surface area contributed by atoms with Crippen molar-refractivity contribution in [2.45, 2.75) is 65.6 Å². The van der Waals surface area contributed by atoms with Crippen molar-refractivity contribution in [1.29, 1.82) is 0 Å². The standard InChI is InChI=1S/C30H36N2O2/c1-5-24(4)31-30(34)28(19-25-14-7-6-8-15-25)32(21-26-16-11-12-22(2)18-26)29(33)20-27-17-10-9-13-23(27)3/h6-18,24,28H,5,19-21H2,1-4H3,(H,31,34). The Kier molecular flexibility index (Phi) is 9.03. The van der Waals surface area contributed by atoms with Gasteiger partial charge in [-0.2, -0.15) is 0 Å². The average Bonchev–Trinajstić information content (AvgIpc) is 2.83. The second-order valence-corrected chi connectivity index (χ2v) is 9.14. The molecule has 0 aromatic heterocycles. The van der Waals surface area contributed by atoms with Gasteiger partial charge in [0.15, 0.2) is 0 Å². The van der Waals surface area contributed by atoms with Crippen LogP contribution in [-0.4, -0.2) is 28.8 Å². The minimum Gasteiger partial charge on any atom is -0.352 e. The van der Waals surface area contributed by atoms with Gasteiger partial charge in [-0.1, -0.05) is 91.3 Å². The van der Waals surface area contributed by atoms with Crippen LogP contribution in [0.5, 0.6) is 0 Å². The zero-order valence-corrected chi connectivity index (χ0v) is 20.8. The quantitative estimate of drug-likeness (QED) is 0.444. The molecule has 0 radical (unpaired) electrons. The van der Waals surface area contributed by atoms with Crippen LogP contribution in [-0.2, 0) is 29.0 Å². The molecule has 2 unspecified atom stereocenters. The summed E-state index contributed by atoms with van der Waals surface area (Å²) in [6, 6.07) is 25.5. The number of hydrogen-bond donors (Lipinski definition) is 1. The highest BCUT2D eigenvalue weighted by Crippen LogP contribution is 2.18. The Morgan fingerprint density at radius 2 is 1.56 bits per heavy atom. The summed E-state index contributed by atoms with van der Waals surface area (Å²) in [6.45, 7) is 8.49. The van der Waals surface area contributed by atoms with E-state index in [9.17, 15) is 9.59 Å². The van der Waals surface area contributed by atoms with E-state index in [1.807, 2.05) is 100 Å². The molecule has 3 rings (SSSR count). The van der Waals surface area contributed by atoms with E-state index in [2.05, 4.69) is 11.4 Å². The van der Waals surface area contributed by atoms with Crippen LogP contribution in [0.25, 0.3) is 0 Å². The third-order valence-electron chi connectivity index (χ3n) is 6.31. The van der Waals surface area contributed by atoms with Crippen molar-refractivity contribution < 1.29 is 9.59 Å². The second kappa shape index (κ2) is 12.2. The number of carbonyl (C=O) groups is 2. The molecule has 3 aromatic carbocycles. The van der Waals surface area contributed by atoms with Crippen molar-refractivity contribution >= 4 is 11.8 Å². The maximum Gasteiger partial charge on any atom is 0.243 e. The molecule has 0 saturated heterocycles. The summed E-state index contributed by atoms with van der Waals surface area (Å²) in [5.74, 6) is -0.153. The van der Waals surface area contributed by atoms with Crippen molar-refractivity contribution in [3.63, 3.8) is 0 Å². The summed E-state index contributed by atoms with van der Waals surface area (Å²) >= 11 is 0. The molecule has 1 N–H and O–H groups in total. The van der Waals surface area contributed by atoms with Gasteiger partial charge in [-0.3, -0.25) is 9.59 Å². The molecule has 0 spiro atoms. The van der Waals surface area contributed by atoms with E-state index in [0.717, 1.165) is 34.2 Å². The van der Waals surface area contributed by atoms with Gasteiger partial charge in [0, 0.05) is 19.0 Å². The smallest absolute Gasteiger partial charge is 0.243 e. The van der Waals surface area contributed by atoms with Crippen LogP contribution in [0.1, 0.15) is 48.1 Å². The Bertz CT molecular complexity index is 1090. The summed E-state index contributed by atoms with van der Waals surface area (Å²) in [5.41, 5.74) is 5.25. The highest BCUT2D eigenvalue weighted by atomic mass is 16.2. The van der Waals surface area contributed by atoms with Crippen LogP contribution >= 0.6 is 0 Å². The zero-order valence-electron chi connectivity index (χ0n) is 20.8. The van der Waals surface area contributed by atoms with E-state index in [-0.39, 0.29) is 24.3 Å². The largest absolute Gasteiger partial charge is 0.352 e. The Balaban J connectivity index is 1.98. The molecular formula is C30H36N2O2. The Morgan fingerprint density at radius 1 is 0.882 bits per heavy atom. The summed E-state index contributed by atoms with van der Waals surface area (Å²) in [6.07, 6.45) is 1.56. The van der Waals surface area contributed by atoms with Crippen LogP contribution in [0.2, 0.25) is 0 Å². The van der Waals surface area contributed by atoms with Crippen molar-refractivity contribution in [1.82, 2.24) is 10.2 Å². The van der Waals surface area contributed by atoms with Crippen LogP contribution in [0.4, 0.5) is 0 Å². The van der Waals surface area contributed by atoms with Gasteiger partial charge in [0.2, 0.25) is 11.8 Å². The summed E-state index contributed by atoms with van der Waals surface area (Å²) in [5, 5.41) is 3.12. The first kappa shape index (κ1) is 25.2. The molecule has 2 atom stereocenters. The summed E-state index contributed by atoms with van der Waals surface area (Å²) in [7, 11) is 0. The van der Waals surface area contributed by atoms with Crippen molar-refractivity contribution in [2.24, 2.45) is 0 Å². The number of nitrogens with one attached hydrogen (secondary N) is 1. The van der Waals surface area contributed by atoms with Gasteiger partial charge in [0.25, 0.3) is 0 Å². The van der Waals surface area contributed by atoms with Gasteiger partial charge >= 0.3 is 0 Å². The highest BCUT2D eigenvalue weighted by Gasteiger charge is 2.31. The van der Waals surface area contributed by atoms with E-state index < -0.39 is 6.04 Å². The third kappa shape index (κ3) is 7.05. The number of benzene rings is 3. The maximum atomic E-state index is 13.8. The molecule has 0 saturated carbocycles. The molecule has 0 aliphatic heterocycles. The zero-order chi connectivity index (χ0) is 24.5. The second-order valence-electron chi connectivity index (χ2n) is 9.14. The van der Waals surface area contributed by atoms with Crippen LogP contribution < -0.4 is 5.32 Å². The molecule has 0 aliphatic carbocycles. The van der Waals surface area contributed by atoms with Gasteiger partial charge in [-0.15, -0.1) is 0 Å². The Morgan fingerprint density at radius 3 is 2.24 bits per heavy atom. The number of rotatable bonds is 10. The van der Waals surface area contributed by atoms with E-state index in [4.69, 9.17) is 0 Å². The minimum atomic E-state index is -0.603. The number of nitrogens with zero attached hydrogens (tertiary/aromatic N) is 1. The number of amides is 2. The molecule has 0 aliphatic rings. The Hall–Kier alpha value is -3.40. The van der Waals surface area contributed by atoms with Crippen LogP contribution in [0.15, 0.2) is 78.9 Å². The SMILES string of the molecule is CCC(C)NC(=O)C(Cc1ccccc1)N(Cc1cccc(C)c1)C(=O)Cc1ccccc1C. The monoisotopic (exact) mass is 456 g/mol. The fraction of sp³-hybridized carbons (Fsp3) is 0.333. The van der Waals surface area contributed by atoms with Crippen molar-refractivity contribution in [2.75, 3.05) is 0 Å². The van der Waals surface area contributed by atoms with Gasteiger partial charge in [0.1, 0.15) is 6.04 Å². The lowest BCUT2D eigenvalue weighted by atomic mass is 9.99. The predicted molar refractivity (Wildman–Crippen MR) is 138 cm³/mol. The normalized spacial score (nSPS) is 12.6. The molecule has 0 heterocycles. The summed E-state index contributed by atoms with van der Waals surface area (Å²) in [4.78, 5) is 29.1. The van der Waals surface area contributed by atoms with Gasteiger partial charge < -0.3 is 10.2 Å². The lowest BCUT2D eigenvalue weighted by Crippen LogP contribution is -2.52. The van der Waals surface area contributed by atoms with E-state index in [0.29, 0.717) is 13.0 Å². The summed E-state index contributed by atoms with van der Waals surface area (Å²) < 4.78 is 0. The number of hydrogen-bond acceptors (Lipinski definition) is 2. The van der Waals surface area contributed by atoms with Crippen molar-refractivity contribution in [3.05, 3.63) is 107 Å². The van der Waals surface area contributed by atoms with E-state index in [1.165, 1.54) is 0 Å². The van der Waals surface area contributed by atoms with Crippen LogP contribution in [0, 0.1) is 13.8 Å². The first-order valence-corrected chi connectivity index (χ1v) is 12.1. The van der Waals surface area contributed by atoms with E-state index >= 15 is 0 Å². The molecule has 4 nitrogen and oxygen atoms in total. The first-order chi connectivity index (χ1) is 16.4. The number of carbonyl (C=O) groups excluding carboxylic acids is 2. The van der Waals surface area contributed by atoms with E-state index in [1.54, 1.807) is 4.90 Å². The maximum absolute atomic E-state index is 13.8.